The number of likely N-dealkylation sites (N-methyl/N-ethyl adjacent to an activating group) is 1. The lowest BCUT2D eigenvalue weighted by Crippen LogP contribution is -2.49. The molecule has 1 aliphatic carbocycles. The van der Waals surface area contributed by atoms with Gasteiger partial charge >= 0.3 is 0 Å². The molecule has 4 rings (SSSR count). The first-order chi connectivity index (χ1) is 12.0. The largest absolute Gasteiger partial charge is 0.361 e. The van der Waals surface area contributed by atoms with Gasteiger partial charge in [0.1, 0.15) is 0 Å². The average Bonchev–Trinajstić information content (AvgIpc) is 2.98. The van der Waals surface area contributed by atoms with Crippen LogP contribution in [0.1, 0.15) is 43.2 Å². The van der Waals surface area contributed by atoms with Gasteiger partial charge < -0.3 is 9.88 Å². The lowest BCUT2D eigenvalue weighted by molar-refractivity contribution is 0.120. The molecule has 1 aromatic carbocycles. The molecule has 2 aromatic rings. The van der Waals surface area contributed by atoms with Crippen LogP contribution in [0.5, 0.6) is 0 Å². The fourth-order valence-electron chi connectivity index (χ4n) is 4.98. The molecule has 0 bridgehead atoms. The van der Waals surface area contributed by atoms with E-state index in [9.17, 15) is 8.42 Å². The van der Waals surface area contributed by atoms with Crippen LogP contribution in [-0.2, 0) is 16.3 Å². The highest BCUT2D eigenvalue weighted by Crippen LogP contribution is 2.44. The molecule has 1 aliphatic heterocycles. The third-order valence-corrected chi connectivity index (χ3v) is 8.00. The summed E-state index contributed by atoms with van der Waals surface area (Å²) >= 11 is 0. The molecule has 2 aliphatic rings. The normalized spacial score (nSPS) is 26.7. The van der Waals surface area contributed by atoms with Gasteiger partial charge in [0.05, 0.1) is 11.5 Å². The number of aromatic amines is 1. The third kappa shape index (κ3) is 3.13. The Morgan fingerprint density at radius 2 is 2.16 bits per heavy atom. The summed E-state index contributed by atoms with van der Waals surface area (Å²) in [6, 6.07) is 7.01. The van der Waals surface area contributed by atoms with Crippen LogP contribution < -0.4 is 0 Å². The molecule has 1 N–H and O–H groups in total. The van der Waals surface area contributed by atoms with E-state index in [4.69, 9.17) is 0 Å². The van der Waals surface area contributed by atoms with Crippen molar-refractivity contribution in [2.24, 2.45) is 5.92 Å². The molecular weight excluding hydrogens is 332 g/mol. The second kappa shape index (κ2) is 6.44. The van der Waals surface area contributed by atoms with Crippen LogP contribution in [0.25, 0.3) is 10.9 Å². The second-order valence-electron chi connectivity index (χ2n) is 7.97. The van der Waals surface area contributed by atoms with Crippen molar-refractivity contribution >= 4 is 20.7 Å². The van der Waals surface area contributed by atoms with Crippen molar-refractivity contribution in [3.05, 3.63) is 35.5 Å². The Hall–Kier alpha value is -1.33. The van der Waals surface area contributed by atoms with Crippen LogP contribution in [0.4, 0.5) is 0 Å². The Morgan fingerprint density at radius 3 is 2.96 bits per heavy atom. The molecule has 5 heteroatoms. The maximum absolute atomic E-state index is 12.4. The number of rotatable bonds is 5. The molecule has 136 valence electrons. The molecule has 1 saturated heterocycles. The summed E-state index contributed by atoms with van der Waals surface area (Å²) in [5.74, 6) is 1.37. The van der Waals surface area contributed by atoms with E-state index in [0.717, 1.165) is 32.2 Å². The van der Waals surface area contributed by atoms with Gasteiger partial charge in [-0.3, -0.25) is 0 Å². The maximum Gasteiger partial charge on any atom is 0.150 e. The van der Waals surface area contributed by atoms with Crippen molar-refractivity contribution in [2.45, 2.75) is 44.6 Å². The standard InChI is InChI=1S/C20H28N2O2S/c1-3-4-8-25(23,24)13-14-9-17-16-6-5-7-18-20(16)15(11-21-18)10-19(17)22(2)12-14/h5-7,11,14,17,19,21H,3-4,8-10,12-13H2,1-2H3/t14?,17-,19-/m0/s1. The molecule has 0 amide bonds. The van der Waals surface area contributed by atoms with E-state index in [0.29, 0.717) is 23.5 Å². The summed E-state index contributed by atoms with van der Waals surface area (Å²) in [6.45, 7) is 2.94. The molecule has 0 saturated carbocycles. The fraction of sp³-hybridized carbons (Fsp3) is 0.600. The summed E-state index contributed by atoms with van der Waals surface area (Å²) in [4.78, 5) is 5.81. The van der Waals surface area contributed by atoms with E-state index >= 15 is 0 Å². The molecule has 1 unspecified atom stereocenters. The SMILES string of the molecule is CCCCS(=O)(=O)CC1C[C@H]2c3cccc4[nH]cc(c34)C[C@@H]2N(C)C1. The van der Waals surface area contributed by atoms with Gasteiger partial charge in [-0.25, -0.2) is 8.42 Å². The first kappa shape index (κ1) is 17.1. The van der Waals surface area contributed by atoms with Crippen LogP contribution in [0.2, 0.25) is 0 Å². The Bertz CT molecular complexity index is 871. The predicted octanol–water partition coefficient (Wildman–Crippen LogP) is 3.34. The second-order valence-corrected chi connectivity index (χ2v) is 10.2. The van der Waals surface area contributed by atoms with Crippen LogP contribution in [0.3, 0.4) is 0 Å². The molecule has 2 heterocycles. The first-order valence-corrected chi connectivity index (χ1v) is 11.3. The number of hydrogen-bond donors (Lipinski definition) is 1. The summed E-state index contributed by atoms with van der Waals surface area (Å²) in [5, 5.41) is 1.38. The minimum Gasteiger partial charge on any atom is -0.361 e. The molecule has 1 aromatic heterocycles. The van der Waals surface area contributed by atoms with E-state index in [1.807, 2.05) is 6.92 Å². The summed E-state index contributed by atoms with van der Waals surface area (Å²) in [5.41, 5.74) is 4.03. The fourth-order valence-corrected chi connectivity index (χ4v) is 6.84. The smallest absolute Gasteiger partial charge is 0.150 e. The lowest BCUT2D eigenvalue weighted by Gasteiger charge is -2.45. The van der Waals surface area contributed by atoms with Crippen molar-refractivity contribution in [2.75, 3.05) is 25.1 Å². The molecule has 1 fully saturated rings. The minimum atomic E-state index is -2.94. The van der Waals surface area contributed by atoms with Crippen molar-refractivity contribution in [1.82, 2.24) is 9.88 Å². The van der Waals surface area contributed by atoms with Gasteiger partial charge in [-0.1, -0.05) is 25.5 Å². The van der Waals surface area contributed by atoms with Gasteiger partial charge in [0.2, 0.25) is 0 Å². The number of sulfone groups is 1. The van der Waals surface area contributed by atoms with E-state index < -0.39 is 9.84 Å². The Labute approximate surface area is 150 Å². The van der Waals surface area contributed by atoms with Gasteiger partial charge in [0.15, 0.2) is 9.84 Å². The average molecular weight is 361 g/mol. The van der Waals surface area contributed by atoms with Crippen molar-refractivity contribution < 1.29 is 8.42 Å². The first-order valence-electron chi connectivity index (χ1n) is 9.48. The quantitative estimate of drug-likeness (QED) is 0.890. The van der Waals surface area contributed by atoms with Crippen LogP contribution in [0, 0.1) is 5.92 Å². The molecule has 4 nitrogen and oxygen atoms in total. The number of nitrogens with zero attached hydrogens (tertiary/aromatic N) is 1. The Kier molecular flexibility index (Phi) is 4.40. The number of unbranched alkanes of at least 4 members (excludes halogenated alkanes) is 1. The third-order valence-electron chi connectivity index (χ3n) is 6.11. The summed E-state index contributed by atoms with van der Waals surface area (Å²) in [6.07, 6.45) is 5.92. The van der Waals surface area contributed by atoms with E-state index in [-0.39, 0.29) is 5.92 Å². The number of nitrogens with one attached hydrogen (secondary N) is 1. The summed E-state index contributed by atoms with van der Waals surface area (Å²) in [7, 11) is -0.772. The highest BCUT2D eigenvalue weighted by Gasteiger charge is 2.40. The Balaban J connectivity index is 1.61. The van der Waals surface area contributed by atoms with Crippen molar-refractivity contribution in [3.63, 3.8) is 0 Å². The monoisotopic (exact) mass is 360 g/mol. The number of aromatic nitrogens is 1. The number of H-pyrrole nitrogens is 1. The van der Waals surface area contributed by atoms with E-state index in [2.05, 4.69) is 41.3 Å². The van der Waals surface area contributed by atoms with Gasteiger partial charge in [-0.15, -0.1) is 0 Å². The number of fused-ring (bicyclic) bond motifs is 2. The zero-order chi connectivity index (χ0) is 17.6. The number of piperidine rings is 1. The lowest BCUT2D eigenvalue weighted by atomic mass is 9.73. The number of benzene rings is 1. The van der Waals surface area contributed by atoms with Crippen molar-refractivity contribution in [3.8, 4) is 0 Å². The van der Waals surface area contributed by atoms with E-state index in [1.54, 1.807) is 0 Å². The van der Waals surface area contributed by atoms with Gasteiger partial charge in [0.25, 0.3) is 0 Å². The molecule has 25 heavy (non-hydrogen) atoms. The zero-order valence-corrected chi connectivity index (χ0v) is 16.0. The highest BCUT2D eigenvalue weighted by atomic mass is 32.2. The van der Waals surface area contributed by atoms with Crippen LogP contribution in [-0.4, -0.2) is 49.4 Å². The minimum absolute atomic E-state index is 0.240. The topological polar surface area (TPSA) is 53.2 Å². The summed E-state index contributed by atoms with van der Waals surface area (Å²) < 4.78 is 24.9. The van der Waals surface area contributed by atoms with Gasteiger partial charge in [0, 0.05) is 35.6 Å². The number of likely N-dealkylation sites (tertiary alicyclic amines) is 1. The molecular formula is C20H28N2O2S. The van der Waals surface area contributed by atoms with Crippen LogP contribution >= 0.6 is 0 Å². The Morgan fingerprint density at radius 1 is 1.32 bits per heavy atom. The van der Waals surface area contributed by atoms with E-state index in [1.165, 1.54) is 22.0 Å². The molecule has 0 radical (unpaired) electrons. The zero-order valence-electron chi connectivity index (χ0n) is 15.2. The number of hydrogen-bond acceptors (Lipinski definition) is 3. The van der Waals surface area contributed by atoms with Gasteiger partial charge in [-0.2, -0.15) is 0 Å². The van der Waals surface area contributed by atoms with Crippen molar-refractivity contribution in [1.29, 1.82) is 0 Å². The van der Waals surface area contributed by atoms with Gasteiger partial charge in [-0.05, 0) is 49.4 Å². The maximum atomic E-state index is 12.4. The predicted molar refractivity (Wildman–Crippen MR) is 103 cm³/mol. The molecule has 3 atom stereocenters. The van der Waals surface area contributed by atoms with Crippen LogP contribution in [0.15, 0.2) is 24.4 Å². The molecule has 0 spiro atoms. The highest BCUT2D eigenvalue weighted by molar-refractivity contribution is 7.91.